The molecule has 0 saturated carbocycles. The van der Waals surface area contributed by atoms with Gasteiger partial charge in [0.25, 0.3) is 0 Å². The van der Waals surface area contributed by atoms with Crippen LogP contribution in [-0.2, 0) is 24.4 Å². The van der Waals surface area contributed by atoms with Crippen LogP contribution in [0.15, 0.2) is 30.6 Å². The zero-order valence-electron chi connectivity index (χ0n) is 16.2. The van der Waals surface area contributed by atoms with Crippen LogP contribution in [0.2, 0.25) is 0 Å². The fraction of sp³-hybridized carbons (Fsp3) is 0.524. The number of imidazole rings is 1. The Bertz CT molecular complexity index is 868. The zero-order chi connectivity index (χ0) is 19.7. The minimum absolute atomic E-state index is 0.0729. The van der Waals surface area contributed by atoms with Gasteiger partial charge in [0, 0.05) is 44.1 Å². The molecule has 1 aromatic carbocycles. The molecule has 2 saturated heterocycles. The van der Waals surface area contributed by atoms with Gasteiger partial charge in [-0.3, -0.25) is 9.69 Å². The maximum absolute atomic E-state index is 14.1. The lowest BCUT2D eigenvalue weighted by Gasteiger charge is -2.39. The molecule has 2 aromatic rings. The summed E-state index contributed by atoms with van der Waals surface area (Å²) in [4.78, 5) is 21.7. The van der Waals surface area contributed by atoms with Crippen molar-refractivity contribution in [3.8, 4) is 0 Å². The van der Waals surface area contributed by atoms with Gasteiger partial charge in [-0.05, 0) is 38.8 Å². The number of benzene rings is 1. The summed E-state index contributed by atoms with van der Waals surface area (Å²) in [6.07, 6.45) is 6.33. The number of aryl methyl sites for hydroxylation is 1. The lowest BCUT2D eigenvalue weighted by Crippen LogP contribution is -2.49. The Hall–Kier alpha value is -2.28. The fourth-order valence-electron chi connectivity index (χ4n) is 4.63. The summed E-state index contributed by atoms with van der Waals surface area (Å²) >= 11 is 0. The summed E-state index contributed by atoms with van der Waals surface area (Å²) in [6, 6.07) is 4.15. The Balaban J connectivity index is 1.46. The van der Waals surface area contributed by atoms with E-state index < -0.39 is 17.0 Å². The van der Waals surface area contributed by atoms with Crippen molar-refractivity contribution >= 4 is 5.91 Å². The third-order valence-electron chi connectivity index (χ3n) is 6.16. The van der Waals surface area contributed by atoms with Gasteiger partial charge in [-0.15, -0.1) is 0 Å². The standard InChI is InChI=1S/C21H26F2N4O/c1-2-26-12-9-24-18(26)14-25-11-8-21(15-25)7-4-10-27(20(21)28)13-16-5-3-6-17(22)19(16)23/h3,5-6,9,12H,2,4,7-8,10-11,13-15H2,1H3/t21-/m0/s1. The molecular formula is C21H26F2N4O. The van der Waals surface area contributed by atoms with E-state index in [-0.39, 0.29) is 18.0 Å². The van der Waals surface area contributed by atoms with Gasteiger partial charge in [-0.1, -0.05) is 12.1 Å². The molecule has 1 amide bonds. The molecule has 2 aliphatic heterocycles. The molecule has 150 valence electrons. The van der Waals surface area contributed by atoms with E-state index in [0.717, 1.165) is 50.8 Å². The molecule has 28 heavy (non-hydrogen) atoms. The Labute approximate surface area is 164 Å². The molecule has 2 fully saturated rings. The van der Waals surface area contributed by atoms with Crippen molar-refractivity contribution < 1.29 is 13.6 Å². The Morgan fingerprint density at radius 3 is 2.86 bits per heavy atom. The van der Waals surface area contributed by atoms with Gasteiger partial charge >= 0.3 is 0 Å². The molecule has 0 bridgehead atoms. The van der Waals surface area contributed by atoms with Crippen LogP contribution in [0.3, 0.4) is 0 Å². The number of nitrogens with zero attached hydrogens (tertiary/aromatic N) is 4. The van der Waals surface area contributed by atoms with Crippen LogP contribution in [0.4, 0.5) is 8.78 Å². The van der Waals surface area contributed by atoms with Gasteiger partial charge in [0.2, 0.25) is 5.91 Å². The van der Waals surface area contributed by atoms with Crippen molar-refractivity contribution in [2.75, 3.05) is 19.6 Å². The highest BCUT2D eigenvalue weighted by Gasteiger charge is 2.48. The quantitative estimate of drug-likeness (QED) is 0.790. The van der Waals surface area contributed by atoms with E-state index in [1.807, 2.05) is 12.4 Å². The predicted molar refractivity (Wildman–Crippen MR) is 101 cm³/mol. The van der Waals surface area contributed by atoms with Gasteiger partial charge in [-0.25, -0.2) is 13.8 Å². The van der Waals surface area contributed by atoms with E-state index in [2.05, 4.69) is 21.4 Å². The summed E-state index contributed by atoms with van der Waals surface area (Å²) in [5.41, 5.74) is -0.170. The predicted octanol–water partition coefficient (Wildman–Crippen LogP) is 3.20. The number of aromatic nitrogens is 2. The first-order valence-electron chi connectivity index (χ1n) is 9.97. The number of rotatable bonds is 5. The molecule has 2 aliphatic rings. The number of piperidine rings is 1. The van der Waals surface area contributed by atoms with E-state index in [1.54, 1.807) is 11.0 Å². The SMILES string of the molecule is CCn1ccnc1CN1CC[C@@]2(CCCN(Cc3cccc(F)c3F)C2=O)C1. The van der Waals surface area contributed by atoms with Crippen LogP contribution in [-0.4, -0.2) is 44.9 Å². The first-order chi connectivity index (χ1) is 13.5. The molecule has 1 aromatic heterocycles. The number of hydrogen-bond donors (Lipinski definition) is 0. The van der Waals surface area contributed by atoms with Crippen LogP contribution in [0, 0.1) is 17.0 Å². The Morgan fingerprint density at radius 2 is 2.04 bits per heavy atom. The van der Waals surface area contributed by atoms with E-state index in [1.165, 1.54) is 6.07 Å². The molecule has 0 unspecified atom stereocenters. The number of carbonyl (C=O) groups is 1. The average molecular weight is 388 g/mol. The third-order valence-corrected chi connectivity index (χ3v) is 6.16. The molecule has 5 nitrogen and oxygen atoms in total. The van der Waals surface area contributed by atoms with Gasteiger partial charge in [0.15, 0.2) is 11.6 Å². The first kappa shape index (κ1) is 19.1. The minimum Gasteiger partial charge on any atom is -0.338 e. The number of amides is 1. The third kappa shape index (κ3) is 3.43. The summed E-state index contributed by atoms with van der Waals surface area (Å²) in [5.74, 6) is -0.630. The normalized spacial score (nSPS) is 23.1. The molecule has 0 aliphatic carbocycles. The Morgan fingerprint density at radius 1 is 1.18 bits per heavy atom. The summed E-state index contributed by atoms with van der Waals surface area (Å²) < 4.78 is 29.7. The average Bonchev–Trinajstić information content (AvgIpc) is 3.30. The minimum atomic E-state index is -0.866. The van der Waals surface area contributed by atoms with E-state index in [9.17, 15) is 13.6 Å². The second-order valence-electron chi connectivity index (χ2n) is 7.91. The van der Waals surface area contributed by atoms with Gasteiger partial charge in [-0.2, -0.15) is 0 Å². The zero-order valence-corrected chi connectivity index (χ0v) is 16.2. The fourth-order valence-corrected chi connectivity index (χ4v) is 4.63. The molecule has 7 heteroatoms. The maximum atomic E-state index is 14.1. The number of halogens is 2. The lowest BCUT2D eigenvalue weighted by atomic mass is 9.78. The molecule has 0 N–H and O–H groups in total. The molecule has 0 radical (unpaired) electrons. The van der Waals surface area contributed by atoms with Crippen LogP contribution in [0.5, 0.6) is 0 Å². The highest BCUT2D eigenvalue weighted by molar-refractivity contribution is 5.84. The van der Waals surface area contributed by atoms with E-state index >= 15 is 0 Å². The van der Waals surface area contributed by atoms with Crippen LogP contribution < -0.4 is 0 Å². The number of carbonyl (C=O) groups excluding carboxylic acids is 1. The van der Waals surface area contributed by atoms with Gasteiger partial charge in [0.05, 0.1) is 12.0 Å². The van der Waals surface area contributed by atoms with Crippen molar-refractivity contribution in [3.05, 3.63) is 53.6 Å². The second kappa shape index (κ2) is 7.62. The second-order valence-corrected chi connectivity index (χ2v) is 7.91. The number of hydrogen-bond acceptors (Lipinski definition) is 3. The van der Waals surface area contributed by atoms with Crippen LogP contribution in [0.1, 0.15) is 37.6 Å². The molecule has 4 rings (SSSR count). The van der Waals surface area contributed by atoms with Crippen molar-refractivity contribution in [1.29, 1.82) is 0 Å². The van der Waals surface area contributed by atoms with Gasteiger partial charge in [0.1, 0.15) is 5.82 Å². The molecule has 1 atom stereocenters. The van der Waals surface area contributed by atoms with Crippen molar-refractivity contribution in [2.45, 2.75) is 45.8 Å². The summed E-state index contributed by atoms with van der Waals surface area (Å²) in [7, 11) is 0. The highest BCUT2D eigenvalue weighted by Crippen LogP contribution is 2.41. The van der Waals surface area contributed by atoms with Crippen LogP contribution in [0.25, 0.3) is 0 Å². The van der Waals surface area contributed by atoms with Gasteiger partial charge < -0.3 is 9.47 Å². The Kier molecular flexibility index (Phi) is 5.19. The largest absolute Gasteiger partial charge is 0.338 e. The van der Waals surface area contributed by atoms with Crippen LogP contribution >= 0.6 is 0 Å². The molecule has 1 spiro atoms. The topological polar surface area (TPSA) is 41.4 Å². The molecule has 3 heterocycles. The molecular weight excluding hydrogens is 362 g/mol. The monoisotopic (exact) mass is 388 g/mol. The van der Waals surface area contributed by atoms with Crippen molar-refractivity contribution in [1.82, 2.24) is 19.4 Å². The highest BCUT2D eigenvalue weighted by atomic mass is 19.2. The van der Waals surface area contributed by atoms with Crippen molar-refractivity contribution in [2.24, 2.45) is 5.41 Å². The summed E-state index contributed by atoms with van der Waals surface area (Å²) in [5, 5.41) is 0. The number of likely N-dealkylation sites (tertiary alicyclic amines) is 2. The summed E-state index contributed by atoms with van der Waals surface area (Å²) in [6.45, 7) is 5.97. The first-order valence-corrected chi connectivity index (χ1v) is 9.97. The lowest BCUT2D eigenvalue weighted by molar-refractivity contribution is -0.146. The van der Waals surface area contributed by atoms with E-state index in [0.29, 0.717) is 13.1 Å². The van der Waals surface area contributed by atoms with E-state index in [4.69, 9.17) is 0 Å². The maximum Gasteiger partial charge on any atom is 0.230 e. The smallest absolute Gasteiger partial charge is 0.230 e. The van der Waals surface area contributed by atoms with Crippen molar-refractivity contribution in [3.63, 3.8) is 0 Å².